The fraction of sp³-hybridized carbons (Fsp3) is 0.389. The Bertz CT molecular complexity index is 868. The van der Waals surface area contributed by atoms with E-state index in [1.807, 2.05) is 12.1 Å². The van der Waals surface area contributed by atoms with Crippen molar-refractivity contribution in [2.24, 2.45) is 16.5 Å². The monoisotopic (exact) mass is 420 g/mol. The molecule has 0 fully saturated rings. The van der Waals surface area contributed by atoms with Crippen molar-refractivity contribution in [3.8, 4) is 16.5 Å². The molecule has 3 rings (SSSR count). The lowest BCUT2D eigenvalue weighted by molar-refractivity contribution is 0.197. The van der Waals surface area contributed by atoms with Crippen LogP contribution in [0.2, 0.25) is 0 Å². The molecule has 0 saturated carbocycles. The maximum atomic E-state index is 8.91. The second-order valence-electron chi connectivity index (χ2n) is 6.06. The number of aromatic nitrogens is 2. The zero-order chi connectivity index (χ0) is 19.9. The predicted molar refractivity (Wildman–Crippen MR) is 114 cm³/mol. The number of thioether (sulfide) groups is 1. The summed E-state index contributed by atoms with van der Waals surface area (Å²) in [5.41, 5.74) is 13.4. The zero-order valence-electron chi connectivity index (χ0n) is 15.6. The van der Waals surface area contributed by atoms with Crippen molar-refractivity contribution in [3.63, 3.8) is 0 Å². The smallest absolute Gasteiger partial charge is 0.213 e. The van der Waals surface area contributed by atoms with Gasteiger partial charge in [0.15, 0.2) is 5.50 Å². The van der Waals surface area contributed by atoms with Gasteiger partial charge in [-0.3, -0.25) is 0 Å². The number of nitrogens with zero attached hydrogens (tertiary/aromatic N) is 3. The van der Waals surface area contributed by atoms with E-state index in [0.717, 1.165) is 29.1 Å². The molecule has 6 N–H and O–H groups in total. The lowest BCUT2D eigenvalue weighted by Crippen LogP contribution is -2.35. The number of nitrogens with one attached hydrogen (secondary N) is 1. The normalized spacial score (nSPS) is 16.3. The van der Waals surface area contributed by atoms with Gasteiger partial charge in [-0.2, -0.15) is 0 Å². The van der Waals surface area contributed by atoms with E-state index in [-0.39, 0.29) is 18.7 Å². The van der Waals surface area contributed by atoms with Gasteiger partial charge in [0, 0.05) is 34.5 Å². The third-order valence-corrected chi connectivity index (χ3v) is 6.00. The molecule has 0 aliphatic carbocycles. The van der Waals surface area contributed by atoms with Crippen LogP contribution in [0.5, 0.6) is 5.88 Å². The highest BCUT2D eigenvalue weighted by molar-refractivity contribution is 7.99. The SMILES string of the molecule is CCCc1sc(-c2ccnc(OCCO)c2)nc1CSC1N=C(N)C=C(N)N1. The molecular formula is C18H24N6O2S2. The number of hydrogen-bond acceptors (Lipinski definition) is 10. The molecule has 0 spiro atoms. The van der Waals surface area contributed by atoms with Crippen LogP contribution in [0, 0.1) is 0 Å². The van der Waals surface area contributed by atoms with E-state index in [1.165, 1.54) is 4.88 Å². The zero-order valence-corrected chi connectivity index (χ0v) is 17.2. The summed E-state index contributed by atoms with van der Waals surface area (Å²) in [7, 11) is 0. The molecule has 1 aliphatic heterocycles. The summed E-state index contributed by atoms with van der Waals surface area (Å²) in [5.74, 6) is 2.12. The largest absolute Gasteiger partial charge is 0.475 e. The van der Waals surface area contributed by atoms with Crippen LogP contribution in [0.3, 0.4) is 0 Å². The summed E-state index contributed by atoms with van der Waals surface area (Å²) in [6.45, 7) is 2.32. The van der Waals surface area contributed by atoms with E-state index in [4.69, 9.17) is 26.3 Å². The number of nitrogens with two attached hydrogens (primary N) is 2. The first-order valence-corrected chi connectivity index (χ1v) is 10.8. The molecule has 0 amide bonds. The van der Waals surface area contributed by atoms with Gasteiger partial charge in [0.1, 0.15) is 23.3 Å². The summed E-state index contributed by atoms with van der Waals surface area (Å²) in [5, 5.41) is 12.9. The lowest BCUT2D eigenvalue weighted by Gasteiger charge is -2.19. The highest BCUT2D eigenvalue weighted by Gasteiger charge is 2.17. The number of rotatable bonds is 9. The van der Waals surface area contributed by atoms with Crippen molar-refractivity contribution in [1.82, 2.24) is 15.3 Å². The van der Waals surface area contributed by atoms with Crippen LogP contribution < -0.4 is 21.5 Å². The molecule has 0 saturated heterocycles. The van der Waals surface area contributed by atoms with Crippen LogP contribution >= 0.6 is 23.1 Å². The summed E-state index contributed by atoms with van der Waals surface area (Å²) >= 11 is 3.28. The van der Waals surface area contributed by atoms with Crippen molar-refractivity contribution in [2.75, 3.05) is 13.2 Å². The molecule has 2 aromatic rings. The number of thiazole rings is 1. The van der Waals surface area contributed by atoms with Gasteiger partial charge < -0.3 is 26.6 Å². The van der Waals surface area contributed by atoms with E-state index < -0.39 is 0 Å². The Labute approximate surface area is 172 Å². The van der Waals surface area contributed by atoms with E-state index in [1.54, 1.807) is 35.4 Å². The number of pyridine rings is 1. The molecule has 28 heavy (non-hydrogen) atoms. The Morgan fingerprint density at radius 3 is 3.00 bits per heavy atom. The first kappa shape index (κ1) is 20.4. The number of aliphatic hydroxyl groups is 1. The van der Waals surface area contributed by atoms with E-state index in [2.05, 4.69) is 22.2 Å². The topological polar surface area (TPSA) is 132 Å². The third kappa shape index (κ3) is 5.37. The molecule has 0 bridgehead atoms. The fourth-order valence-electron chi connectivity index (χ4n) is 2.60. The summed E-state index contributed by atoms with van der Waals surface area (Å²) in [6.07, 6.45) is 5.32. The average Bonchev–Trinajstić information content (AvgIpc) is 3.07. The number of ether oxygens (including phenoxy) is 1. The Balaban J connectivity index is 1.75. The number of aryl methyl sites for hydroxylation is 1. The highest BCUT2D eigenvalue weighted by atomic mass is 32.2. The van der Waals surface area contributed by atoms with E-state index in [9.17, 15) is 0 Å². The van der Waals surface area contributed by atoms with Crippen LogP contribution in [0.15, 0.2) is 35.2 Å². The van der Waals surface area contributed by atoms with Gasteiger partial charge in [-0.25, -0.2) is 15.0 Å². The van der Waals surface area contributed by atoms with Crippen LogP contribution in [-0.2, 0) is 12.2 Å². The number of hydrogen-bond donors (Lipinski definition) is 4. The fourth-order valence-corrected chi connectivity index (χ4v) is 4.84. The lowest BCUT2D eigenvalue weighted by atomic mass is 10.2. The standard InChI is InChI=1S/C18H24N6O2S2/c1-2-3-13-12(10-27-18-23-14(19)9-15(20)24-18)22-17(28-13)11-4-5-21-16(8-11)26-7-6-25/h4-5,8-9,18,23,25H,2-3,6-7,10,19H2,1H3,(H2,20,24). The van der Waals surface area contributed by atoms with Crippen molar-refractivity contribution in [1.29, 1.82) is 0 Å². The molecule has 10 heteroatoms. The number of aliphatic hydroxyl groups excluding tert-OH is 1. The Morgan fingerprint density at radius 1 is 1.39 bits per heavy atom. The maximum absolute atomic E-state index is 8.91. The number of amidine groups is 1. The van der Waals surface area contributed by atoms with E-state index in [0.29, 0.717) is 23.3 Å². The van der Waals surface area contributed by atoms with Crippen molar-refractivity contribution < 1.29 is 9.84 Å². The minimum Gasteiger partial charge on any atom is -0.475 e. The maximum Gasteiger partial charge on any atom is 0.213 e. The summed E-state index contributed by atoms with van der Waals surface area (Å²) < 4.78 is 5.41. The first-order valence-electron chi connectivity index (χ1n) is 8.96. The Morgan fingerprint density at radius 2 is 2.25 bits per heavy atom. The second-order valence-corrected chi connectivity index (χ2v) is 8.21. The van der Waals surface area contributed by atoms with E-state index >= 15 is 0 Å². The molecular weight excluding hydrogens is 396 g/mol. The molecule has 150 valence electrons. The average molecular weight is 421 g/mol. The van der Waals surface area contributed by atoms with Gasteiger partial charge in [0.05, 0.1) is 12.3 Å². The highest BCUT2D eigenvalue weighted by Crippen LogP contribution is 2.33. The van der Waals surface area contributed by atoms with Crippen molar-refractivity contribution >= 4 is 28.9 Å². The minimum atomic E-state index is -0.218. The third-order valence-electron chi connectivity index (χ3n) is 3.82. The molecule has 3 heterocycles. The van der Waals surface area contributed by atoms with Gasteiger partial charge in [0.25, 0.3) is 0 Å². The Kier molecular flexibility index (Phi) is 7.12. The summed E-state index contributed by atoms with van der Waals surface area (Å²) in [4.78, 5) is 14.6. The molecule has 1 unspecified atom stereocenters. The van der Waals surface area contributed by atoms with Gasteiger partial charge in [-0.15, -0.1) is 23.1 Å². The van der Waals surface area contributed by atoms with Gasteiger partial charge in [-0.1, -0.05) is 13.3 Å². The van der Waals surface area contributed by atoms with Crippen molar-refractivity contribution in [3.05, 3.63) is 40.8 Å². The molecule has 1 atom stereocenters. The van der Waals surface area contributed by atoms with Gasteiger partial charge in [-0.05, 0) is 12.5 Å². The molecule has 2 aromatic heterocycles. The molecule has 8 nitrogen and oxygen atoms in total. The second kappa shape index (κ2) is 9.76. The Hall–Kier alpha value is -2.30. The predicted octanol–water partition coefficient (Wildman–Crippen LogP) is 1.81. The van der Waals surface area contributed by atoms with Crippen LogP contribution in [0.25, 0.3) is 10.6 Å². The van der Waals surface area contributed by atoms with Crippen LogP contribution in [0.1, 0.15) is 23.9 Å². The summed E-state index contributed by atoms with van der Waals surface area (Å²) in [6, 6.07) is 3.76. The molecule has 1 aliphatic rings. The number of aliphatic imine (C=N–C) groups is 1. The first-order chi connectivity index (χ1) is 13.6. The molecule has 0 aromatic carbocycles. The van der Waals surface area contributed by atoms with Crippen LogP contribution in [0.4, 0.5) is 0 Å². The van der Waals surface area contributed by atoms with Crippen LogP contribution in [-0.4, -0.2) is 39.6 Å². The quantitative estimate of drug-likeness (QED) is 0.483. The van der Waals surface area contributed by atoms with Crippen molar-refractivity contribution in [2.45, 2.75) is 31.0 Å². The minimum absolute atomic E-state index is 0.0485. The molecule has 0 radical (unpaired) electrons. The van der Waals surface area contributed by atoms with Gasteiger partial charge in [0.2, 0.25) is 5.88 Å². The van der Waals surface area contributed by atoms with Gasteiger partial charge >= 0.3 is 0 Å².